The average Bonchev–Trinajstić information content (AvgIpc) is 1.84. The van der Waals surface area contributed by atoms with Gasteiger partial charge in [0.15, 0.2) is 0 Å². The Hall–Kier alpha value is -0.800. The fourth-order valence-electron chi connectivity index (χ4n) is 0.411. The number of hydrogen-bond donors (Lipinski definition) is 2. The van der Waals surface area contributed by atoms with Gasteiger partial charge in [-0.05, 0) is 0 Å². The van der Waals surface area contributed by atoms with Gasteiger partial charge in [0.1, 0.15) is 6.09 Å². The van der Waals surface area contributed by atoms with Gasteiger partial charge in [-0.2, -0.15) is 0 Å². The van der Waals surface area contributed by atoms with Gasteiger partial charge < -0.3 is 15.6 Å². The minimum absolute atomic E-state index is 0.0928. The molecule has 0 aromatic heterocycles. The predicted octanol–water partition coefficient (Wildman–Crippen LogP) is -1.45. The monoisotopic (exact) mass is 208 g/mol. The number of aliphatic hydroxyl groups excluding tert-OH is 1. The molecule has 0 radical (unpaired) electrons. The summed E-state index contributed by atoms with van der Waals surface area (Å²) in [5, 5.41) is 17.1. The van der Waals surface area contributed by atoms with Crippen molar-refractivity contribution in [3.05, 3.63) is 0 Å². The normalized spacial score (nSPS) is 9.15. The number of amides is 1. The molecule has 6 nitrogen and oxygen atoms in total. The fraction of sp³-hybridized carbons (Fsp3) is 0.667. The van der Waals surface area contributed by atoms with Crippen molar-refractivity contribution < 1.29 is 24.1 Å². The summed E-state index contributed by atoms with van der Waals surface area (Å²) < 4.78 is 10.3. The zero-order chi connectivity index (χ0) is 10.9. The fourth-order valence-corrected chi connectivity index (χ4v) is 0.732. The second-order valence-corrected chi connectivity index (χ2v) is 3.03. The number of nitrogens with zero attached hydrogens (tertiary/aromatic N) is 1. The van der Waals surface area contributed by atoms with Crippen LogP contribution in [-0.2, 0) is 4.57 Å². The van der Waals surface area contributed by atoms with E-state index in [9.17, 15) is 4.57 Å². The number of likely N-dealkylation sites (N-methyl/N-ethyl adjacent to an activating group) is 1. The number of carboxylic acid groups (broad SMARTS) is 1. The van der Waals surface area contributed by atoms with Crippen molar-refractivity contribution in [1.29, 1.82) is 0 Å². The number of quaternary nitrogens is 1. The van der Waals surface area contributed by atoms with Gasteiger partial charge in [0, 0.05) is 0 Å². The summed E-state index contributed by atoms with van der Waals surface area (Å²) in [5.41, 5.74) is 3.92. The second kappa shape index (κ2) is 7.83. The van der Waals surface area contributed by atoms with Crippen molar-refractivity contribution >= 4 is 14.0 Å². The first kappa shape index (κ1) is 14.7. The maximum Gasteiger partial charge on any atom is 0.131 e. The SMILES string of the molecule is C[N+](C)(C#P=O)CCO.NC(=O)[O-]. The summed E-state index contributed by atoms with van der Waals surface area (Å²) in [4.78, 5) is 8.67. The molecule has 0 heterocycles. The number of rotatable bonds is 2. The van der Waals surface area contributed by atoms with E-state index in [-0.39, 0.29) is 14.5 Å². The molecule has 0 aromatic rings. The van der Waals surface area contributed by atoms with Crippen LogP contribution >= 0.6 is 7.92 Å². The first-order valence-corrected chi connectivity index (χ1v) is 4.17. The maximum absolute atomic E-state index is 9.98. The van der Waals surface area contributed by atoms with Crippen LogP contribution in [0.25, 0.3) is 0 Å². The molecule has 0 saturated heterocycles. The van der Waals surface area contributed by atoms with Crippen LogP contribution in [-0.4, -0.2) is 42.9 Å². The van der Waals surface area contributed by atoms with Gasteiger partial charge in [0.05, 0.1) is 0 Å². The number of hydrogen-bond acceptors (Lipinski definition) is 4. The minimum atomic E-state index is -1.58. The third-order valence-electron chi connectivity index (χ3n) is 0.971. The van der Waals surface area contributed by atoms with E-state index in [1.807, 2.05) is 14.1 Å². The molecule has 7 heteroatoms. The van der Waals surface area contributed by atoms with E-state index in [0.717, 1.165) is 0 Å². The Morgan fingerprint density at radius 1 is 1.69 bits per heavy atom. The molecule has 76 valence electrons. The first-order valence-electron chi connectivity index (χ1n) is 3.35. The molecule has 0 spiro atoms. The van der Waals surface area contributed by atoms with Crippen molar-refractivity contribution in [3.63, 3.8) is 0 Å². The van der Waals surface area contributed by atoms with Crippen molar-refractivity contribution in [2.24, 2.45) is 5.73 Å². The molecule has 13 heavy (non-hydrogen) atoms. The molecule has 0 fully saturated rings. The van der Waals surface area contributed by atoms with Gasteiger partial charge in [-0.25, -0.2) is 0 Å². The van der Waals surface area contributed by atoms with Crippen molar-refractivity contribution in [2.75, 3.05) is 27.2 Å². The molecule has 0 saturated carbocycles. The van der Waals surface area contributed by atoms with Gasteiger partial charge in [-0.3, -0.25) is 0 Å². The Labute approximate surface area is 77.7 Å². The average molecular weight is 208 g/mol. The van der Waals surface area contributed by atoms with E-state index < -0.39 is 6.09 Å². The summed E-state index contributed by atoms with van der Waals surface area (Å²) in [6, 6.07) is 0. The van der Waals surface area contributed by atoms with Crippen LogP contribution in [0.3, 0.4) is 0 Å². The van der Waals surface area contributed by atoms with Crippen molar-refractivity contribution in [1.82, 2.24) is 0 Å². The molecule has 0 aliphatic carbocycles. The molecule has 0 aromatic carbocycles. The number of primary amides is 1. The molecule has 3 N–H and O–H groups in total. The van der Waals surface area contributed by atoms with Gasteiger partial charge in [-0.15, -0.1) is 0 Å². The van der Waals surface area contributed by atoms with Crippen LogP contribution in [0.1, 0.15) is 0 Å². The quantitative estimate of drug-likeness (QED) is 0.428. The van der Waals surface area contributed by atoms with Crippen LogP contribution in [0.15, 0.2) is 0 Å². The van der Waals surface area contributed by atoms with Gasteiger partial charge in [0.2, 0.25) is 0 Å². The Kier molecular flexibility index (Phi) is 8.86. The van der Waals surface area contributed by atoms with E-state index in [4.69, 9.17) is 15.0 Å². The molecule has 0 unspecified atom stereocenters. The van der Waals surface area contributed by atoms with E-state index in [2.05, 4.69) is 11.5 Å². The summed E-state index contributed by atoms with van der Waals surface area (Å²) >= 11 is 0. The van der Waals surface area contributed by atoms with E-state index >= 15 is 0 Å². The Morgan fingerprint density at radius 2 is 2.08 bits per heavy atom. The molecule has 1 amide bonds. The number of aliphatic hydroxyl groups is 1. The molecular weight excluding hydrogens is 195 g/mol. The molecule has 0 aliphatic heterocycles. The first-order chi connectivity index (χ1) is 5.85. The summed E-state index contributed by atoms with van der Waals surface area (Å²) in [5.74, 6) is 2.62. The minimum Gasteiger partial charge on any atom is -0.530 e. The largest absolute Gasteiger partial charge is 0.530 e. The molecule has 0 atom stereocenters. The van der Waals surface area contributed by atoms with Crippen molar-refractivity contribution in [2.45, 2.75) is 0 Å². The van der Waals surface area contributed by atoms with Crippen LogP contribution < -0.4 is 10.8 Å². The van der Waals surface area contributed by atoms with E-state index in [1.165, 1.54) is 0 Å². The standard InChI is InChI=1S/C5H11NO2P.CH3NO2/c1-6(2,3-4-7)5-9-8;2-1(3)4/h7H,3-4H2,1-2H3;2H2,(H,3,4)/q+1;/p-1. The van der Waals surface area contributed by atoms with Crippen LogP contribution in [0.2, 0.25) is 0 Å². The van der Waals surface area contributed by atoms with E-state index in [0.29, 0.717) is 11.0 Å². The second-order valence-electron chi connectivity index (χ2n) is 2.64. The Morgan fingerprint density at radius 3 is 2.31 bits per heavy atom. The maximum atomic E-state index is 9.98. The molecular formula is C6H13N2O4P. The summed E-state index contributed by atoms with van der Waals surface area (Å²) in [6.07, 6.45) is -1.58. The Balaban J connectivity index is 0. The number of carbonyl (C=O) groups is 1. The van der Waals surface area contributed by atoms with Crippen molar-refractivity contribution in [3.8, 4) is 5.75 Å². The number of carbonyl (C=O) groups excluding carboxylic acids is 1. The summed E-state index contributed by atoms with van der Waals surface area (Å²) in [7, 11) is 3.54. The smallest absolute Gasteiger partial charge is 0.131 e. The third-order valence-corrected chi connectivity index (χ3v) is 1.59. The zero-order valence-corrected chi connectivity index (χ0v) is 8.45. The zero-order valence-electron chi connectivity index (χ0n) is 7.56. The third kappa shape index (κ3) is 18.3. The molecule has 0 aliphatic rings. The predicted molar refractivity (Wildman–Crippen MR) is 45.1 cm³/mol. The molecule has 0 rings (SSSR count). The number of nitrogens with two attached hydrogens (primary N) is 1. The van der Waals surface area contributed by atoms with Crippen LogP contribution in [0, 0.1) is 5.75 Å². The summed E-state index contributed by atoms with van der Waals surface area (Å²) in [6.45, 7) is 0.644. The molecule has 0 bridgehead atoms. The van der Waals surface area contributed by atoms with Gasteiger partial charge in [0.25, 0.3) is 0 Å². The van der Waals surface area contributed by atoms with E-state index in [1.54, 1.807) is 0 Å². The van der Waals surface area contributed by atoms with Gasteiger partial charge >= 0.3 is 55.1 Å². The topological polar surface area (TPSA) is 103 Å². The Bertz CT molecular complexity index is 242. The van der Waals surface area contributed by atoms with Crippen LogP contribution in [0.5, 0.6) is 0 Å². The van der Waals surface area contributed by atoms with Crippen LogP contribution in [0.4, 0.5) is 4.79 Å². The van der Waals surface area contributed by atoms with Gasteiger partial charge in [-0.1, -0.05) is 0 Å².